The van der Waals surface area contributed by atoms with Crippen LogP contribution >= 0.6 is 0 Å². The highest BCUT2D eigenvalue weighted by Crippen LogP contribution is 2.37. The van der Waals surface area contributed by atoms with Crippen LogP contribution in [0, 0.1) is 0 Å². The normalized spacial score (nSPS) is 17.3. The van der Waals surface area contributed by atoms with Gasteiger partial charge < -0.3 is 9.47 Å². The molecule has 1 aromatic carbocycles. The Hall–Kier alpha value is -1.96. The van der Waals surface area contributed by atoms with E-state index in [0.29, 0.717) is 5.56 Å². The van der Waals surface area contributed by atoms with E-state index in [9.17, 15) is 18.0 Å². The van der Waals surface area contributed by atoms with Gasteiger partial charge in [0.2, 0.25) is 0 Å². The van der Waals surface area contributed by atoms with Crippen LogP contribution in [0.2, 0.25) is 0 Å². The summed E-state index contributed by atoms with van der Waals surface area (Å²) in [6, 6.07) is 2.83. The van der Waals surface area contributed by atoms with Crippen molar-refractivity contribution in [1.82, 2.24) is 10.9 Å². The average molecular weight is 290 g/mol. The summed E-state index contributed by atoms with van der Waals surface area (Å²) < 4.78 is 47.5. The molecule has 0 spiro atoms. The van der Waals surface area contributed by atoms with E-state index in [1.54, 1.807) is 6.92 Å². The number of hydrogen-bond donors (Lipinski definition) is 2. The van der Waals surface area contributed by atoms with Crippen LogP contribution in [0.25, 0.3) is 0 Å². The maximum absolute atomic E-state index is 12.5. The number of hydrazine groups is 1. The Bertz CT molecular complexity index is 505. The molecule has 1 heterocycles. The van der Waals surface area contributed by atoms with E-state index in [2.05, 4.69) is 15.6 Å². The molecule has 2 N–H and O–H groups in total. The molecule has 5 nitrogen and oxygen atoms in total. The van der Waals surface area contributed by atoms with Gasteiger partial charge in [0.15, 0.2) is 0 Å². The molecule has 2 rings (SSSR count). The number of nitrogens with one attached hydrogen (secondary N) is 2. The van der Waals surface area contributed by atoms with Crippen molar-refractivity contribution in [2.75, 3.05) is 13.2 Å². The number of carbonyl (C=O) groups is 1. The van der Waals surface area contributed by atoms with Gasteiger partial charge in [-0.05, 0) is 19.1 Å². The number of amides is 1. The highest BCUT2D eigenvalue weighted by Gasteiger charge is 2.33. The van der Waals surface area contributed by atoms with Crippen molar-refractivity contribution in [1.29, 1.82) is 0 Å². The average Bonchev–Trinajstić information content (AvgIpc) is 2.78. The van der Waals surface area contributed by atoms with Crippen molar-refractivity contribution in [3.63, 3.8) is 0 Å². The molecular weight excluding hydrogens is 277 g/mol. The second-order valence-electron chi connectivity index (χ2n) is 4.10. The van der Waals surface area contributed by atoms with Gasteiger partial charge in [-0.25, -0.2) is 10.2 Å². The molecule has 0 radical (unpaired) electrons. The first kappa shape index (κ1) is 14.4. The molecule has 0 bridgehead atoms. The van der Waals surface area contributed by atoms with Gasteiger partial charge in [-0.15, -0.1) is 0 Å². The lowest BCUT2D eigenvalue weighted by Crippen LogP contribution is -2.40. The third-order valence-corrected chi connectivity index (χ3v) is 2.75. The first-order chi connectivity index (χ1) is 9.41. The molecule has 110 valence electrons. The van der Waals surface area contributed by atoms with Gasteiger partial charge in [-0.1, -0.05) is 6.07 Å². The number of alkyl halides is 3. The van der Waals surface area contributed by atoms with Crippen LogP contribution in [-0.2, 0) is 10.9 Å². The molecule has 8 heteroatoms. The van der Waals surface area contributed by atoms with Crippen molar-refractivity contribution in [2.24, 2.45) is 0 Å². The molecule has 1 atom stereocenters. The van der Waals surface area contributed by atoms with Gasteiger partial charge in [0, 0.05) is 5.56 Å². The minimum Gasteiger partial charge on any atom is -0.491 e. The summed E-state index contributed by atoms with van der Waals surface area (Å²) in [6.07, 6.45) is -5.07. The molecule has 20 heavy (non-hydrogen) atoms. The minimum absolute atomic E-state index is 0.128. The zero-order chi connectivity index (χ0) is 14.8. The molecule has 1 amide bonds. The number of halogens is 3. The van der Waals surface area contributed by atoms with Gasteiger partial charge in [-0.3, -0.25) is 5.43 Å². The van der Waals surface area contributed by atoms with Gasteiger partial charge in [0.05, 0.1) is 18.2 Å². The number of fused-ring (bicyclic) bond motifs is 1. The number of ether oxygens (including phenoxy) is 2. The predicted octanol–water partition coefficient (Wildman–Crippen LogP) is 2.39. The lowest BCUT2D eigenvalue weighted by molar-refractivity contribution is -0.137. The summed E-state index contributed by atoms with van der Waals surface area (Å²) in [4.78, 5) is 11.1. The quantitative estimate of drug-likeness (QED) is 0.839. The Morgan fingerprint density at radius 1 is 1.50 bits per heavy atom. The fourth-order valence-electron chi connectivity index (χ4n) is 1.82. The maximum Gasteiger partial charge on any atom is 0.421 e. The lowest BCUT2D eigenvalue weighted by atomic mass is 10.1. The highest BCUT2D eigenvalue weighted by atomic mass is 19.4. The van der Waals surface area contributed by atoms with E-state index in [4.69, 9.17) is 4.74 Å². The Balaban J connectivity index is 2.04. The standard InChI is InChI=1S/C12H13F3N2O3/c1-2-19-11(18)17-16-9-6-20-10-5-7(12(13,14)15)3-4-8(9)10/h3-5,9,16H,2,6H2,1H3,(H,17,18). The van der Waals surface area contributed by atoms with E-state index in [1.165, 1.54) is 6.07 Å². The van der Waals surface area contributed by atoms with Crippen LogP contribution in [0.4, 0.5) is 18.0 Å². The summed E-state index contributed by atoms with van der Waals surface area (Å²) in [5, 5.41) is 0. The number of rotatable bonds is 3. The van der Waals surface area contributed by atoms with Crippen molar-refractivity contribution < 1.29 is 27.4 Å². The molecule has 1 unspecified atom stereocenters. The smallest absolute Gasteiger partial charge is 0.421 e. The summed E-state index contributed by atoms with van der Waals surface area (Å²) in [5.41, 5.74) is 4.73. The van der Waals surface area contributed by atoms with Crippen molar-refractivity contribution >= 4 is 6.09 Å². The zero-order valence-electron chi connectivity index (χ0n) is 10.6. The second kappa shape index (κ2) is 5.58. The molecule has 0 aromatic heterocycles. The van der Waals surface area contributed by atoms with Crippen LogP contribution in [0.3, 0.4) is 0 Å². The van der Waals surface area contributed by atoms with E-state index in [-0.39, 0.29) is 19.0 Å². The zero-order valence-corrected chi connectivity index (χ0v) is 10.6. The van der Waals surface area contributed by atoms with Gasteiger partial charge in [0.1, 0.15) is 12.4 Å². The SMILES string of the molecule is CCOC(=O)NNC1COc2cc(C(F)(F)F)ccc21. The van der Waals surface area contributed by atoms with Gasteiger partial charge in [0.25, 0.3) is 0 Å². The first-order valence-corrected chi connectivity index (χ1v) is 5.94. The van der Waals surface area contributed by atoms with Crippen LogP contribution < -0.4 is 15.6 Å². The van der Waals surface area contributed by atoms with Crippen LogP contribution in [0.15, 0.2) is 18.2 Å². The topological polar surface area (TPSA) is 59.6 Å². The van der Waals surface area contributed by atoms with Crippen molar-refractivity contribution in [3.05, 3.63) is 29.3 Å². The molecule has 0 saturated heterocycles. The fraction of sp³-hybridized carbons (Fsp3) is 0.417. The molecule has 1 aliphatic heterocycles. The fourth-order valence-corrected chi connectivity index (χ4v) is 1.82. The monoisotopic (exact) mass is 290 g/mol. The van der Waals surface area contributed by atoms with Gasteiger partial charge >= 0.3 is 12.3 Å². The van der Waals surface area contributed by atoms with E-state index < -0.39 is 23.9 Å². The molecular formula is C12H13F3N2O3. The van der Waals surface area contributed by atoms with Crippen LogP contribution in [0.5, 0.6) is 5.75 Å². The second-order valence-corrected chi connectivity index (χ2v) is 4.10. The Morgan fingerprint density at radius 3 is 2.90 bits per heavy atom. The van der Waals surface area contributed by atoms with Crippen molar-refractivity contribution in [2.45, 2.75) is 19.1 Å². The molecule has 1 aliphatic rings. The summed E-state index contributed by atoms with van der Waals surface area (Å²) in [6.45, 7) is 2.01. The number of carbonyl (C=O) groups excluding carboxylic acids is 1. The maximum atomic E-state index is 12.5. The van der Waals surface area contributed by atoms with Gasteiger partial charge in [-0.2, -0.15) is 13.2 Å². The summed E-state index contributed by atoms with van der Waals surface area (Å²) in [7, 11) is 0. The highest BCUT2D eigenvalue weighted by molar-refractivity contribution is 5.66. The molecule has 0 saturated carbocycles. The third kappa shape index (κ3) is 3.13. The number of benzene rings is 1. The third-order valence-electron chi connectivity index (χ3n) is 2.75. The lowest BCUT2D eigenvalue weighted by Gasteiger charge is -2.13. The van der Waals surface area contributed by atoms with E-state index in [0.717, 1.165) is 12.1 Å². The Labute approximate surface area is 113 Å². The summed E-state index contributed by atoms with van der Waals surface area (Å²) in [5.74, 6) is 0.156. The molecule has 0 fully saturated rings. The first-order valence-electron chi connectivity index (χ1n) is 5.94. The largest absolute Gasteiger partial charge is 0.491 e. The van der Waals surface area contributed by atoms with Crippen LogP contribution in [-0.4, -0.2) is 19.3 Å². The van der Waals surface area contributed by atoms with E-state index in [1.807, 2.05) is 0 Å². The molecule has 1 aromatic rings. The van der Waals surface area contributed by atoms with E-state index >= 15 is 0 Å². The number of hydrogen-bond acceptors (Lipinski definition) is 4. The van der Waals surface area contributed by atoms with Crippen molar-refractivity contribution in [3.8, 4) is 5.75 Å². The Kier molecular flexibility index (Phi) is 4.03. The summed E-state index contributed by atoms with van der Waals surface area (Å²) >= 11 is 0. The minimum atomic E-state index is -4.41. The Morgan fingerprint density at radius 2 is 2.25 bits per heavy atom. The predicted molar refractivity (Wildman–Crippen MR) is 63.0 cm³/mol. The molecule has 0 aliphatic carbocycles. The van der Waals surface area contributed by atoms with Crippen LogP contribution in [0.1, 0.15) is 24.1 Å².